The lowest BCUT2D eigenvalue weighted by Gasteiger charge is -2.22. The molecule has 0 heterocycles. The van der Waals surface area contributed by atoms with Gasteiger partial charge in [-0.15, -0.1) is 0 Å². The molecule has 0 unspecified atom stereocenters. The van der Waals surface area contributed by atoms with Crippen LogP contribution in [0, 0.1) is 0 Å². The standard InChI is InChI=1S/C16H26O/c1-5-6-7-10-13-17-15-12-9-8-11-14(15)16(2,3)4/h8-9,11-12H,5-7,10,13H2,1-4H3. The van der Waals surface area contributed by atoms with Crippen molar-refractivity contribution in [3.05, 3.63) is 29.8 Å². The molecule has 0 spiro atoms. The molecule has 1 rings (SSSR count). The van der Waals surface area contributed by atoms with Gasteiger partial charge in [-0.1, -0.05) is 65.2 Å². The summed E-state index contributed by atoms with van der Waals surface area (Å²) in [4.78, 5) is 0. The molecule has 0 saturated heterocycles. The van der Waals surface area contributed by atoms with Gasteiger partial charge in [0.1, 0.15) is 5.75 Å². The Hall–Kier alpha value is -0.980. The summed E-state index contributed by atoms with van der Waals surface area (Å²) >= 11 is 0. The molecule has 1 heteroatoms. The molecule has 96 valence electrons. The first-order chi connectivity index (χ1) is 8.05. The predicted octanol–water partition coefficient (Wildman–Crippen LogP) is 4.94. The van der Waals surface area contributed by atoms with Gasteiger partial charge in [-0.25, -0.2) is 0 Å². The molecule has 0 aliphatic carbocycles. The largest absolute Gasteiger partial charge is 0.493 e. The van der Waals surface area contributed by atoms with Crippen molar-refractivity contribution in [2.75, 3.05) is 6.61 Å². The van der Waals surface area contributed by atoms with Gasteiger partial charge in [0, 0.05) is 0 Å². The van der Waals surface area contributed by atoms with Crippen molar-refractivity contribution in [3.8, 4) is 5.75 Å². The van der Waals surface area contributed by atoms with Crippen LogP contribution < -0.4 is 4.74 Å². The van der Waals surface area contributed by atoms with Gasteiger partial charge in [0.15, 0.2) is 0 Å². The summed E-state index contributed by atoms with van der Waals surface area (Å²) in [5.41, 5.74) is 1.45. The number of benzene rings is 1. The normalized spacial score (nSPS) is 11.5. The zero-order valence-corrected chi connectivity index (χ0v) is 11.8. The van der Waals surface area contributed by atoms with Crippen molar-refractivity contribution in [2.24, 2.45) is 0 Å². The molecule has 1 nitrogen and oxygen atoms in total. The highest BCUT2D eigenvalue weighted by atomic mass is 16.5. The smallest absolute Gasteiger partial charge is 0.123 e. The van der Waals surface area contributed by atoms with Crippen LogP contribution in [-0.2, 0) is 5.41 Å². The van der Waals surface area contributed by atoms with Crippen LogP contribution >= 0.6 is 0 Å². The average molecular weight is 234 g/mol. The minimum absolute atomic E-state index is 0.153. The first-order valence-corrected chi connectivity index (χ1v) is 6.78. The number of unbranched alkanes of at least 4 members (excludes halogenated alkanes) is 3. The van der Waals surface area contributed by atoms with Crippen LogP contribution in [0.15, 0.2) is 24.3 Å². The van der Waals surface area contributed by atoms with Crippen LogP contribution in [0.1, 0.15) is 58.9 Å². The Balaban J connectivity index is 2.53. The van der Waals surface area contributed by atoms with Gasteiger partial charge >= 0.3 is 0 Å². The Labute approximate surface area is 106 Å². The summed E-state index contributed by atoms with van der Waals surface area (Å²) in [5.74, 6) is 1.05. The average Bonchev–Trinajstić information content (AvgIpc) is 2.28. The van der Waals surface area contributed by atoms with E-state index in [2.05, 4.69) is 52.0 Å². The summed E-state index contributed by atoms with van der Waals surface area (Å²) in [6.07, 6.45) is 5.02. The first-order valence-electron chi connectivity index (χ1n) is 6.78. The van der Waals surface area contributed by atoms with Crippen molar-refractivity contribution < 1.29 is 4.74 Å². The summed E-state index contributed by atoms with van der Waals surface area (Å²) in [7, 11) is 0. The Morgan fingerprint density at radius 3 is 2.35 bits per heavy atom. The van der Waals surface area contributed by atoms with Gasteiger partial charge in [-0.05, 0) is 23.5 Å². The van der Waals surface area contributed by atoms with Crippen LogP contribution in [0.3, 0.4) is 0 Å². The van der Waals surface area contributed by atoms with Crippen LogP contribution in [0.25, 0.3) is 0 Å². The molecule has 0 bridgehead atoms. The maximum atomic E-state index is 5.91. The third kappa shape index (κ3) is 4.80. The lowest BCUT2D eigenvalue weighted by molar-refractivity contribution is 0.297. The fourth-order valence-electron chi connectivity index (χ4n) is 1.92. The van der Waals surface area contributed by atoms with E-state index in [0.717, 1.165) is 18.8 Å². The zero-order chi connectivity index (χ0) is 12.7. The van der Waals surface area contributed by atoms with Gasteiger partial charge in [0.25, 0.3) is 0 Å². The molecule has 0 atom stereocenters. The summed E-state index contributed by atoms with van der Waals surface area (Å²) in [6.45, 7) is 9.76. The van der Waals surface area contributed by atoms with Gasteiger partial charge in [-0.3, -0.25) is 0 Å². The van der Waals surface area contributed by atoms with Crippen molar-refractivity contribution in [2.45, 2.75) is 58.8 Å². The van der Waals surface area contributed by atoms with E-state index in [-0.39, 0.29) is 5.41 Å². The molecule has 1 aromatic carbocycles. The molecular formula is C16H26O. The highest BCUT2D eigenvalue weighted by Gasteiger charge is 2.17. The molecule has 0 saturated carbocycles. The van der Waals surface area contributed by atoms with Gasteiger partial charge in [-0.2, -0.15) is 0 Å². The van der Waals surface area contributed by atoms with E-state index in [1.807, 2.05) is 0 Å². The van der Waals surface area contributed by atoms with E-state index in [1.165, 1.54) is 24.8 Å². The predicted molar refractivity (Wildman–Crippen MR) is 74.8 cm³/mol. The van der Waals surface area contributed by atoms with Crippen LogP contribution in [0.5, 0.6) is 5.75 Å². The fourth-order valence-corrected chi connectivity index (χ4v) is 1.92. The second kappa shape index (κ2) is 6.68. The lowest BCUT2D eigenvalue weighted by Crippen LogP contribution is -2.13. The van der Waals surface area contributed by atoms with Crippen molar-refractivity contribution in [1.82, 2.24) is 0 Å². The molecule has 0 aromatic heterocycles. The Morgan fingerprint density at radius 1 is 1.00 bits per heavy atom. The van der Waals surface area contributed by atoms with E-state index in [0.29, 0.717) is 0 Å². The van der Waals surface area contributed by atoms with Crippen molar-refractivity contribution in [1.29, 1.82) is 0 Å². The molecule has 0 aliphatic heterocycles. The monoisotopic (exact) mass is 234 g/mol. The highest BCUT2D eigenvalue weighted by Crippen LogP contribution is 2.30. The molecule has 1 aromatic rings. The van der Waals surface area contributed by atoms with Crippen LogP contribution in [0.2, 0.25) is 0 Å². The fraction of sp³-hybridized carbons (Fsp3) is 0.625. The molecule has 17 heavy (non-hydrogen) atoms. The number of para-hydroxylation sites is 1. The molecule has 0 aliphatic rings. The summed E-state index contributed by atoms with van der Waals surface area (Å²) in [6, 6.07) is 8.39. The minimum Gasteiger partial charge on any atom is -0.493 e. The highest BCUT2D eigenvalue weighted by molar-refractivity contribution is 5.38. The van der Waals surface area contributed by atoms with E-state index in [4.69, 9.17) is 4.74 Å². The second-order valence-electron chi connectivity index (χ2n) is 5.66. The SMILES string of the molecule is CCCCCCOc1ccccc1C(C)(C)C. The lowest BCUT2D eigenvalue weighted by atomic mass is 9.86. The summed E-state index contributed by atoms with van der Waals surface area (Å²) < 4.78 is 5.91. The van der Waals surface area contributed by atoms with Gasteiger partial charge in [0.2, 0.25) is 0 Å². The maximum Gasteiger partial charge on any atom is 0.123 e. The number of rotatable bonds is 6. The number of hydrogen-bond acceptors (Lipinski definition) is 1. The molecule has 0 fully saturated rings. The van der Waals surface area contributed by atoms with E-state index in [1.54, 1.807) is 0 Å². The maximum absolute atomic E-state index is 5.91. The Bertz CT molecular complexity index is 323. The van der Waals surface area contributed by atoms with E-state index >= 15 is 0 Å². The summed E-state index contributed by atoms with van der Waals surface area (Å²) in [5, 5.41) is 0. The van der Waals surface area contributed by atoms with Crippen molar-refractivity contribution in [3.63, 3.8) is 0 Å². The molecular weight excluding hydrogens is 208 g/mol. The van der Waals surface area contributed by atoms with Gasteiger partial charge in [0.05, 0.1) is 6.61 Å². The van der Waals surface area contributed by atoms with Crippen molar-refractivity contribution >= 4 is 0 Å². The number of ether oxygens (including phenoxy) is 1. The van der Waals surface area contributed by atoms with Crippen LogP contribution in [0.4, 0.5) is 0 Å². The first kappa shape index (κ1) is 14.1. The molecule has 0 N–H and O–H groups in total. The topological polar surface area (TPSA) is 9.23 Å². The van der Waals surface area contributed by atoms with Gasteiger partial charge < -0.3 is 4.74 Å². The molecule has 0 amide bonds. The quantitative estimate of drug-likeness (QED) is 0.633. The Morgan fingerprint density at radius 2 is 1.71 bits per heavy atom. The number of hydrogen-bond donors (Lipinski definition) is 0. The van der Waals surface area contributed by atoms with E-state index in [9.17, 15) is 0 Å². The second-order valence-corrected chi connectivity index (χ2v) is 5.66. The third-order valence-corrected chi connectivity index (χ3v) is 2.95. The van der Waals surface area contributed by atoms with Crippen LogP contribution in [-0.4, -0.2) is 6.61 Å². The van der Waals surface area contributed by atoms with E-state index < -0.39 is 0 Å². The Kier molecular flexibility index (Phi) is 5.54. The minimum atomic E-state index is 0.153. The third-order valence-electron chi connectivity index (χ3n) is 2.95. The zero-order valence-electron chi connectivity index (χ0n) is 11.8. The molecule has 0 radical (unpaired) electrons.